The number of nitrogens with zero attached hydrogens (tertiary/aromatic N) is 3. The summed E-state index contributed by atoms with van der Waals surface area (Å²) >= 11 is 0. The van der Waals surface area contributed by atoms with Gasteiger partial charge in [-0.3, -0.25) is 4.72 Å². The molecule has 15 heteroatoms. The number of anilines is 2. The molecule has 3 N–H and O–H groups in total. The Morgan fingerprint density at radius 3 is 2.60 bits per heavy atom. The smallest absolute Gasteiger partial charge is 0.390 e. The lowest BCUT2D eigenvalue weighted by Crippen LogP contribution is -2.38. The molecule has 0 saturated carbocycles. The molecule has 0 spiro atoms. The number of ether oxygens (including phenoxy) is 1. The predicted molar refractivity (Wildman–Crippen MR) is 159 cm³/mol. The van der Waals surface area contributed by atoms with Crippen LogP contribution >= 0.6 is 12.4 Å². The lowest BCUT2D eigenvalue weighted by molar-refractivity contribution is -0.129. The zero-order valence-corrected chi connectivity index (χ0v) is 24.5. The van der Waals surface area contributed by atoms with Gasteiger partial charge in [-0.25, -0.2) is 27.8 Å². The van der Waals surface area contributed by atoms with E-state index in [-0.39, 0.29) is 35.5 Å². The van der Waals surface area contributed by atoms with Crippen molar-refractivity contribution < 1.29 is 30.7 Å². The van der Waals surface area contributed by atoms with Gasteiger partial charge in [0.05, 0.1) is 29.1 Å². The minimum atomic E-state index is -4.68. The average Bonchev–Trinajstić information content (AvgIpc) is 2.95. The van der Waals surface area contributed by atoms with Gasteiger partial charge in [-0.2, -0.15) is 13.2 Å². The number of alkyl halides is 3. The maximum absolute atomic E-state index is 14.8. The lowest BCUT2D eigenvalue weighted by Gasteiger charge is -2.23. The van der Waals surface area contributed by atoms with Crippen LogP contribution in [0.3, 0.4) is 0 Å². The van der Waals surface area contributed by atoms with Gasteiger partial charge in [-0.1, -0.05) is 12.1 Å². The Labute approximate surface area is 252 Å². The van der Waals surface area contributed by atoms with Crippen molar-refractivity contribution in [2.45, 2.75) is 38.4 Å². The van der Waals surface area contributed by atoms with E-state index in [1.807, 2.05) is 4.72 Å². The third-order valence-corrected chi connectivity index (χ3v) is 8.00. The summed E-state index contributed by atoms with van der Waals surface area (Å²) in [5.41, 5.74) is 1.26. The highest BCUT2D eigenvalue weighted by atomic mass is 35.5. The summed E-state index contributed by atoms with van der Waals surface area (Å²) in [6, 6.07) is 10.9. The zero-order valence-electron chi connectivity index (χ0n) is 22.9. The van der Waals surface area contributed by atoms with Crippen molar-refractivity contribution in [1.29, 1.82) is 0 Å². The zero-order chi connectivity index (χ0) is 29.9. The number of pyridine rings is 1. The maximum Gasteiger partial charge on any atom is 0.390 e. The predicted octanol–water partition coefficient (Wildman–Crippen LogP) is 6.21. The third-order valence-electron chi connectivity index (χ3n) is 6.74. The number of halogens is 5. The fourth-order valence-electron chi connectivity index (χ4n) is 4.66. The number of sulfonamides is 1. The van der Waals surface area contributed by atoms with Crippen molar-refractivity contribution >= 4 is 44.8 Å². The number of hydrogen-bond donors (Lipinski definition) is 3. The Morgan fingerprint density at radius 1 is 1.07 bits per heavy atom. The molecule has 0 bridgehead atoms. The number of aryl methyl sites for hydroxylation is 1. The van der Waals surface area contributed by atoms with E-state index in [0.717, 1.165) is 32.0 Å². The SMILES string of the molecule is Cc1ccc2c(NS(=O)(=O)CCC(F)(F)F)c(F)ccc2c1Oc1ncccc1-c1ccnc(N[C@H]2CCCNC2)n1.Cl. The topological polar surface area (TPSA) is 118 Å². The minimum Gasteiger partial charge on any atom is -0.437 e. The van der Waals surface area contributed by atoms with Crippen molar-refractivity contribution in [2.75, 3.05) is 28.9 Å². The van der Waals surface area contributed by atoms with Gasteiger partial charge in [0.25, 0.3) is 0 Å². The van der Waals surface area contributed by atoms with E-state index in [2.05, 4.69) is 25.6 Å². The maximum atomic E-state index is 14.8. The van der Waals surface area contributed by atoms with Crippen molar-refractivity contribution in [1.82, 2.24) is 20.3 Å². The molecular weight excluding hydrogens is 612 g/mol. The largest absolute Gasteiger partial charge is 0.437 e. The highest BCUT2D eigenvalue weighted by molar-refractivity contribution is 7.92. The van der Waals surface area contributed by atoms with E-state index in [0.29, 0.717) is 28.2 Å². The van der Waals surface area contributed by atoms with Crippen LogP contribution in [0.4, 0.5) is 29.2 Å². The summed E-state index contributed by atoms with van der Waals surface area (Å²) in [4.78, 5) is 13.4. The van der Waals surface area contributed by atoms with Gasteiger partial charge in [-0.15, -0.1) is 12.4 Å². The van der Waals surface area contributed by atoms with Crippen LogP contribution in [0.2, 0.25) is 0 Å². The quantitative estimate of drug-likeness (QED) is 0.185. The Hall–Kier alpha value is -3.75. The Kier molecular flexibility index (Phi) is 9.93. The molecule has 9 nitrogen and oxygen atoms in total. The van der Waals surface area contributed by atoms with Crippen molar-refractivity contribution in [3.8, 4) is 22.9 Å². The van der Waals surface area contributed by atoms with Gasteiger partial charge in [-0.05, 0) is 62.2 Å². The molecule has 43 heavy (non-hydrogen) atoms. The summed E-state index contributed by atoms with van der Waals surface area (Å²) in [7, 11) is -4.51. The number of rotatable bonds is 9. The highest BCUT2D eigenvalue weighted by Gasteiger charge is 2.30. The molecule has 1 aliphatic rings. The van der Waals surface area contributed by atoms with Crippen LogP contribution in [0.5, 0.6) is 11.6 Å². The number of hydrogen-bond acceptors (Lipinski definition) is 8. The molecule has 1 atom stereocenters. The van der Waals surface area contributed by atoms with E-state index in [4.69, 9.17) is 4.74 Å². The van der Waals surface area contributed by atoms with E-state index in [1.54, 1.807) is 37.4 Å². The fourth-order valence-corrected chi connectivity index (χ4v) is 5.78. The molecule has 0 unspecified atom stereocenters. The minimum absolute atomic E-state index is 0. The standard InChI is InChI=1S/C28H28F4N6O3S.ClH/c1-17-6-7-19-20(8-9-22(29)24(19)38-42(39,40)15-11-28(30,31)32)25(17)41-26-21(5-3-13-34-26)23-10-14-35-27(37-23)36-18-4-2-12-33-16-18;/h3,5-10,13-14,18,33,38H,2,4,11-12,15-16H2,1H3,(H,35,36,37);1H/t18-;/m0./s1. The van der Waals surface area contributed by atoms with Crippen LogP contribution in [-0.2, 0) is 10.0 Å². The molecule has 2 aromatic carbocycles. The summed E-state index contributed by atoms with van der Waals surface area (Å²) in [6.45, 7) is 3.52. The first kappa shape index (κ1) is 32.2. The second kappa shape index (κ2) is 13.3. The van der Waals surface area contributed by atoms with Crippen molar-refractivity contribution in [3.05, 3.63) is 66.2 Å². The Bertz CT molecular complexity index is 1700. The number of nitrogens with one attached hydrogen (secondary N) is 3. The van der Waals surface area contributed by atoms with Gasteiger partial charge < -0.3 is 15.4 Å². The molecule has 1 fully saturated rings. The van der Waals surface area contributed by atoms with Gasteiger partial charge in [0.1, 0.15) is 11.6 Å². The second-order valence-corrected chi connectivity index (χ2v) is 11.8. The number of fused-ring (bicyclic) bond motifs is 1. The van der Waals surface area contributed by atoms with Gasteiger partial charge in [0, 0.05) is 35.8 Å². The molecule has 1 saturated heterocycles. The molecule has 0 radical (unpaired) electrons. The van der Waals surface area contributed by atoms with Crippen molar-refractivity contribution in [2.24, 2.45) is 0 Å². The van der Waals surface area contributed by atoms with Gasteiger partial charge in [0.2, 0.25) is 21.9 Å². The number of aromatic nitrogens is 3. The van der Waals surface area contributed by atoms with Crippen LogP contribution < -0.4 is 20.1 Å². The molecule has 4 aromatic rings. The summed E-state index contributed by atoms with van der Waals surface area (Å²) in [5.74, 6) is -1.28. The van der Waals surface area contributed by atoms with Crippen LogP contribution in [0, 0.1) is 12.7 Å². The van der Waals surface area contributed by atoms with Crippen LogP contribution in [0.15, 0.2) is 54.9 Å². The fraction of sp³-hybridized carbons (Fsp3) is 0.321. The number of piperidine rings is 1. The average molecular weight is 641 g/mol. The summed E-state index contributed by atoms with van der Waals surface area (Å²) < 4.78 is 85.8. The molecule has 2 aromatic heterocycles. The molecule has 1 aliphatic heterocycles. The number of benzene rings is 2. The van der Waals surface area contributed by atoms with E-state index >= 15 is 0 Å². The second-order valence-electron chi connectivity index (χ2n) is 9.93. The Morgan fingerprint density at radius 2 is 1.86 bits per heavy atom. The molecule has 230 valence electrons. The molecule has 0 aliphatic carbocycles. The first-order chi connectivity index (χ1) is 20.0. The van der Waals surface area contributed by atoms with Crippen LogP contribution in [0.1, 0.15) is 24.8 Å². The first-order valence-corrected chi connectivity index (χ1v) is 14.9. The molecular formula is C28H29ClF4N6O3S. The normalized spacial score (nSPS) is 15.5. The molecule has 3 heterocycles. The van der Waals surface area contributed by atoms with Crippen molar-refractivity contribution in [3.63, 3.8) is 0 Å². The van der Waals surface area contributed by atoms with Crippen LogP contribution in [0.25, 0.3) is 22.0 Å². The van der Waals surface area contributed by atoms with E-state index in [9.17, 15) is 26.0 Å². The lowest BCUT2D eigenvalue weighted by atomic mass is 10.0. The van der Waals surface area contributed by atoms with E-state index in [1.165, 1.54) is 18.3 Å². The molecule has 5 rings (SSSR count). The Balaban J connectivity index is 0.00000423. The first-order valence-electron chi connectivity index (χ1n) is 13.2. The summed E-state index contributed by atoms with van der Waals surface area (Å²) in [6.07, 6.45) is -1.05. The monoisotopic (exact) mass is 640 g/mol. The third kappa shape index (κ3) is 8.00. The van der Waals surface area contributed by atoms with Crippen LogP contribution in [-0.4, -0.2) is 54.4 Å². The molecule has 0 amide bonds. The highest BCUT2D eigenvalue weighted by Crippen LogP contribution is 2.40. The van der Waals surface area contributed by atoms with Gasteiger partial charge in [0.15, 0.2) is 0 Å². The van der Waals surface area contributed by atoms with E-state index < -0.39 is 39.9 Å². The summed E-state index contributed by atoms with van der Waals surface area (Å²) in [5, 5.41) is 7.12. The van der Waals surface area contributed by atoms with Gasteiger partial charge >= 0.3 is 6.18 Å².